The van der Waals surface area contributed by atoms with Gasteiger partial charge in [0, 0.05) is 12.1 Å². The van der Waals surface area contributed by atoms with Crippen LogP contribution in [0.3, 0.4) is 0 Å². The van der Waals surface area contributed by atoms with Gasteiger partial charge in [0.05, 0.1) is 16.4 Å². The molecule has 0 spiro atoms. The second-order valence-electron chi connectivity index (χ2n) is 5.76. The number of non-ortho nitro benzene ring substituents is 1. The number of thioether (sulfide) groups is 1. The third-order valence-electron chi connectivity index (χ3n) is 3.84. The summed E-state index contributed by atoms with van der Waals surface area (Å²) in [5.41, 5.74) is 1.15. The molecule has 0 aliphatic carbocycles. The molecule has 8 heteroatoms. The molecule has 2 aromatic rings. The Balaban J connectivity index is 1.74. The molecule has 0 atom stereocenters. The molecule has 1 heterocycles. The van der Waals surface area contributed by atoms with Crippen LogP contribution in [0.25, 0.3) is 6.08 Å². The van der Waals surface area contributed by atoms with Gasteiger partial charge < -0.3 is 4.74 Å². The Morgan fingerprint density at radius 3 is 2.64 bits per heavy atom. The maximum atomic E-state index is 12.6. The molecule has 0 N–H and O–H groups in total. The minimum atomic E-state index is -0.520. The number of nitrogens with zero attached hydrogens (tertiary/aromatic N) is 2. The van der Waals surface area contributed by atoms with Crippen LogP contribution in [0.5, 0.6) is 5.75 Å². The van der Waals surface area contributed by atoms with Crippen molar-refractivity contribution < 1.29 is 19.2 Å². The van der Waals surface area contributed by atoms with Crippen LogP contribution in [0, 0.1) is 22.5 Å². The van der Waals surface area contributed by atoms with Crippen molar-refractivity contribution in [2.24, 2.45) is 0 Å². The van der Waals surface area contributed by atoms with Gasteiger partial charge in [-0.25, -0.2) is 0 Å². The zero-order valence-corrected chi connectivity index (χ0v) is 15.3. The van der Waals surface area contributed by atoms with Gasteiger partial charge in [-0.15, -0.1) is 6.42 Å². The quantitative estimate of drug-likeness (QED) is 0.320. The largest absolute Gasteiger partial charge is 0.481 e. The molecule has 140 valence electrons. The Labute approximate surface area is 165 Å². The van der Waals surface area contributed by atoms with E-state index in [1.54, 1.807) is 36.4 Å². The van der Waals surface area contributed by atoms with Gasteiger partial charge in [0.2, 0.25) is 0 Å². The topological polar surface area (TPSA) is 89.8 Å². The lowest BCUT2D eigenvalue weighted by molar-refractivity contribution is -0.384. The van der Waals surface area contributed by atoms with E-state index >= 15 is 0 Å². The number of terminal acetylenes is 1. The Morgan fingerprint density at radius 2 is 1.96 bits per heavy atom. The van der Waals surface area contributed by atoms with Crippen LogP contribution in [0.2, 0.25) is 0 Å². The van der Waals surface area contributed by atoms with E-state index in [2.05, 4.69) is 5.92 Å². The molecule has 2 aromatic carbocycles. The van der Waals surface area contributed by atoms with E-state index in [0.29, 0.717) is 11.3 Å². The lowest BCUT2D eigenvalue weighted by Crippen LogP contribution is -2.27. The summed E-state index contributed by atoms with van der Waals surface area (Å²) in [6.45, 7) is 0.137. The van der Waals surface area contributed by atoms with Gasteiger partial charge in [-0.1, -0.05) is 30.2 Å². The van der Waals surface area contributed by atoms with Crippen molar-refractivity contribution in [1.82, 2.24) is 4.90 Å². The Morgan fingerprint density at radius 1 is 1.21 bits per heavy atom. The van der Waals surface area contributed by atoms with E-state index in [1.807, 2.05) is 0 Å². The number of benzene rings is 2. The first-order valence-corrected chi connectivity index (χ1v) is 8.94. The van der Waals surface area contributed by atoms with Gasteiger partial charge in [0.15, 0.2) is 0 Å². The number of hydrogen-bond acceptors (Lipinski definition) is 6. The highest BCUT2D eigenvalue weighted by Gasteiger charge is 2.35. The van der Waals surface area contributed by atoms with Crippen LogP contribution in [0.1, 0.15) is 11.1 Å². The number of nitro groups is 1. The summed E-state index contributed by atoms with van der Waals surface area (Å²) in [6.07, 6.45) is 6.75. The number of imide groups is 1. The van der Waals surface area contributed by atoms with E-state index in [-0.39, 0.29) is 23.7 Å². The van der Waals surface area contributed by atoms with Crippen molar-refractivity contribution in [3.8, 4) is 18.1 Å². The lowest BCUT2D eigenvalue weighted by atomic mass is 10.2. The summed E-state index contributed by atoms with van der Waals surface area (Å²) in [5.74, 6) is 2.54. The molecular formula is C20H14N2O5S. The zero-order chi connectivity index (χ0) is 20.1. The van der Waals surface area contributed by atoms with Gasteiger partial charge >= 0.3 is 0 Å². The SMILES string of the molecule is C#CCOc1ccc(C=C2SC(=O)N(Cc3cccc([N+](=O)[O-])c3)C2=O)cc1. The third kappa shape index (κ3) is 4.39. The molecule has 0 radical (unpaired) electrons. The number of rotatable bonds is 6. The molecule has 0 bridgehead atoms. The summed E-state index contributed by atoms with van der Waals surface area (Å²) < 4.78 is 5.29. The number of carbonyl (C=O) groups is 2. The molecule has 7 nitrogen and oxygen atoms in total. The molecule has 3 rings (SSSR count). The minimum Gasteiger partial charge on any atom is -0.481 e. The Hall–Kier alpha value is -3.57. The number of hydrogen-bond donors (Lipinski definition) is 0. The predicted octanol–water partition coefficient (Wildman–Crippen LogP) is 3.84. The second-order valence-corrected chi connectivity index (χ2v) is 6.75. The molecular weight excluding hydrogens is 380 g/mol. The monoisotopic (exact) mass is 394 g/mol. The Kier molecular flexibility index (Phi) is 5.77. The number of ether oxygens (including phenoxy) is 1. The zero-order valence-electron chi connectivity index (χ0n) is 14.5. The van der Waals surface area contributed by atoms with Gasteiger partial charge in [0.1, 0.15) is 12.4 Å². The van der Waals surface area contributed by atoms with Crippen molar-refractivity contribution >= 4 is 34.7 Å². The summed E-state index contributed by atoms with van der Waals surface area (Å²) >= 11 is 0.831. The highest BCUT2D eigenvalue weighted by atomic mass is 32.2. The van der Waals surface area contributed by atoms with Gasteiger partial charge in [-0.3, -0.25) is 24.6 Å². The fourth-order valence-corrected chi connectivity index (χ4v) is 3.36. The molecule has 1 fully saturated rings. The molecule has 0 saturated carbocycles. The number of nitro benzene ring substituents is 1. The van der Waals surface area contributed by atoms with Gasteiger partial charge in [0.25, 0.3) is 16.8 Å². The fourth-order valence-electron chi connectivity index (χ4n) is 2.52. The van der Waals surface area contributed by atoms with E-state index in [4.69, 9.17) is 11.2 Å². The normalized spacial score (nSPS) is 15.0. The smallest absolute Gasteiger partial charge is 0.293 e. The first-order valence-electron chi connectivity index (χ1n) is 8.13. The standard InChI is InChI=1S/C20H14N2O5S/c1-2-10-27-17-8-6-14(7-9-17)12-18-19(23)21(20(24)28-18)13-15-4-3-5-16(11-15)22(25)26/h1,3-9,11-12H,10,13H2. The third-order valence-corrected chi connectivity index (χ3v) is 4.74. The molecule has 0 aromatic heterocycles. The molecule has 1 aliphatic heterocycles. The summed E-state index contributed by atoms with van der Waals surface area (Å²) in [7, 11) is 0. The van der Waals surface area contributed by atoms with Gasteiger partial charge in [-0.2, -0.15) is 0 Å². The van der Waals surface area contributed by atoms with Crippen LogP contribution in [-0.2, 0) is 11.3 Å². The molecule has 1 saturated heterocycles. The van der Waals surface area contributed by atoms with Crippen molar-refractivity contribution in [1.29, 1.82) is 0 Å². The van der Waals surface area contributed by atoms with Crippen molar-refractivity contribution in [2.75, 3.05) is 6.61 Å². The predicted molar refractivity (Wildman–Crippen MR) is 105 cm³/mol. The van der Waals surface area contributed by atoms with Crippen molar-refractivity contribution in [3.63, 3.8) is 0 Å². The van der Waals surface area contributed by atoms with Crippen LogP contribution in [0.15, 0.2) is 53.4 Å². The first-order chi connectivity index (χ1) is 13.5. The van der Waals surface area contributed by atoms with Gasteiger partial charge in [-0.05, 0) is 41.1 Å². The second kappa shape index (κ2) is 8.41. The number of carbonyl (C=O) groups excluding carboxylic acids is 2. The van der Waals surface area contributed by atoms with Crippen LogP contribution in [0.4, 0.5) is 10.5 Å². The summed E-state index contributed by atoms with van der Waals surface area (Å²) in [5, 5.41) is 10.5. The van der Waals surface area contributed by atoms with E-state index in [1.165, 1.54) is 18.2 Å². The maximum Gasteiger partial charge on any atom is 0.293 e. The maximum absolute atomic E-state index is 12.6. The summed E-state index contributed by atoms with van der Waals surface area (Å²) in [6, 6.07) is 12.8. The Bertz CT molecular complexity index is 1010. The van der Waals surface area contributed by atoms with E-state index in [0.717, 1.165) is 22.2 Å². The van der Waals surface area contributed by atoms with Crippen LogP contribution < -0.4 is 4.74 Å². The molecule has 28 heavy (non-hydrogen) atoms. The molecule has 1 aliphatic rings. The van der Waals surface area contributed by atoms with Crippen LogP contribution in [-0.4, -0.2) is 27.6 Å². The first kappa shape index (κ1) is 19.2. The minimum absolute atomic E-state index is 0.0252. The van der Waals surface area contributed by atoms with Crippen molar-refractivity contribution in [2.45, 2.75) is 6.54 Å². The molecule has 0 unspecified atom stereocenters. The fraction of sp³-hybridized carbons (Fsp3) is 0.100. The summed E-state index contributed by atoms with van der Waals surface area (Å²) in [4.78, 5) is 36.5. The average Bonchev–Trinajstić information content (AvgIpc) is 2.95. The number of amides is 2. The van der Waals surface area contributed by atoms with E-state index < -0.39 is 16.1 Å². The average molecular weight is 394 g/mol. The molecule has 2 amide bonds. The van der Waals surface area contributed by atoms with Crippen LogP contribution >= 0.6 is 11.8 Å². The lowest BCUT2D eigenvalue weighted by Gasteiger charge is -2.12. The highest BCUT2D eigenvalue weighted by molar-refractivity contribution is 8.18. The van der Waals surface area contributed by atoms with Crippen molar-refractivity contribution in [3.05, 3.63) is 74.7 Å². The van der Waals surface area contributed by atoms with E-state index in [9.17, 15) is 19.7 Å². The highest BCUT2D eigenvalue weighted by Crippen LogP contribution is 2.33.